The maximum atomic E-state index is 12.0. The summed E-state index contributed by atoms with van der Waals surface area (Å²) in [5.74, 6) is 0.500. The fourth-order valence-electron chi connectivity index (χ4n) is 3.46. The molecule has 1 aliphatic carbocycles. The van der Waals surface area contributed by atoms with Gasteiger partial charge in [-0.05, 0) is 38.5 Å². The number of rotatable bonds is 5. The van der Waals surface area contributed by atoms with Gasteiger partial charge >= 0.3 is 11.9 Å². The molecular formula is C14H24ClNO4. The minimum Gasteiger partial charge on any atom is -0.466 e. The highest BCUT2D eigenvalue weighted by Gasteiger charge is 2.46. The molecule has 0 spiro atoms. The largest absolute Gasteiger partial charge is 0.466 e. The lowest BCUT2D eigenvalue weighted by molar-refractivity contribution is -0.153. The smallest absolute Gasteiger partial charge is 0.320 e. The van der Waals surface area contributed by atoms with Crippen molar-refractivity contribution >= 4 is 24.3 Å². The molecule has 0 aromatic rings. The number of carbonyl (C=O) groups excluding carboxylic acids is 2. The third-order valence-corrected chi connectivity index (χ3v) is 4.13. The summed E-state index contributed by atoms with van der Waals surface area (Å²) in [5.41, 5.74) is 0. The molecule has 0 aromatic heterocycles. The molecule has 2 unspecified atom stereocenters. The number of ether oxygens (including phenoxy) is 2. The van der Waals surface area contributed by atoms with Gasteiger partial charge in [-0.25, -0.2) is 0 Å². The van der Waals surface area contributed by atoms with Crippen molar-refractivity contribution in [2.45, 2.75) is 26.7 Å². The summed E-state index contributed by atoms with van der Waals surface area (Å²) in [5, 5.41) is 0. The lowest BCUT2D eigenvalue weighted by Gasteiger charge is -2.36. The number of halogens is 1. The molecule has 5 nitrogen and oxygen atoms in total. The summed E-state index contributed by atoms with van der Waals surface area (Å²) in [6, 6.07) is 0. The van der Waals surface area contributed by atoms with Crippen LogP contribution in [0.2, 0.25) is 0 Å². The highest BCUT2D eigenvalue weighted by Crippen LogP contribution is 2.42. The Morgan fingerprint density at radius 1 is 1.05 bits per heavy atom. The van der Waals surface area contributed by atoms with Crippen LogP contribution < -0.4 is 0 Å². The van der Waals surface area contributed by atoms with Crippen LogP contribution in [0.5, 0.6) is 0 Å². The molecular weight excluding hydrogens is 282 g/mol. The number of carbonyl (C=O) groups is 2. The van der Waals surface area contributed by atoms with E-state index in [1.54, 1.807) is 0 Å². The van der Waals surface area contributed by atoms with Crippen LogP contribution in [0.3, 0.4) is 0 Å². The van der Waals surface area contributed by atoms with E-state index in [1.165, 1.54) is 0 Å². The van der Waals surface area contributed by atoms with Crippen LogP contribution in [0.1, 0.15) is 26.7 Å². The summed E-state index contributed by atoms with van der Waals surface area (Å²) < 4.78 is 10.1. The van der Waals surface area contributed by atoms with Gasteiger partial charge in [0.1, 0.15) is 0 Å². The average Bonchev–Trinajstić information content (AvgIpc) is 2.62. The average molecular weight is 306 g/mol. The molecule has 2 atom stereocenters. The van der Waals surface area contributed by atoms with E-state index in [4.69, 9.17) is 9.47 Å². The van der Waals surface area contributed by atoms with Crippen molar-refractivity contribution < 1.29 is 19.1 Å². The number of hydrogen-bond donors (Lipinski definition) is 0. The zero-order valence-electron chi connectivity index (χ0n) is 12.2. The summed E-state index contributed by atoms with van der Waals surface area (Å²) in [4.78, 5) is 25.6. The number of hydrogen-bond acceptors (Lipinski definition) is 5. The molecule has 0 amide bonds. The number of likely N-dealkylation sites (tertiary alicyclic amines) is 1. The molecule has 6 heteroatoms. The van der Waals surface area contributed by atoms with Gasteiger partial charge < -0.3 is 9.47 Å². The van der Waals surface area contributed by atoms with Gasteiger partial charge in [0.25, 0.3) is 0 Å². The fraction of sp³-hybridized carbons (Fsp3) is 0.857. The molecule has 0 radical (unpaired) electrons. The molecule has 1 saturated heterocycles. The normalized spacial score (nSPS) is 28.6. The quantitative estimate of drug-likeness (QED) is 0.720. The molecule has 2 aliphatic rings. The Balaban J connectivity index is 0.00000200. The SMILES string of the molecule is CCOC(=O)CN1CC2CCC(C1)C2C(=O)OCC.Cl. The molecule has 1 saturated carbocycles. The number of esters is 2. The van der Waals surface area contributed by atoms with Crippen molar-refractivity contribution in [3.63, 3.8) is 0 Å². The molecule has 2 bridgehead atoms. The molecule has 2 fully saturated rings. The first-order chi connectivity index (χ1) is 9.15. The molecule has 1 heterocycles. The van der Waals surface area contributed by atoms with Gasteiger partial charge in [-0.2, -0.15) is 0 Å². The van der Waals surface area contributed by atoms with E-state index in [2.05, 4.69) is 4.90 Å². The van der Waals surface area contributed by atoms with Crippen LogP contribution in [0.4, 0.5) is 0 Å². The summed E-state index contributed by atoms with van der Waals surface area (Å²) in [6.07, 6.45) is 2.13. The fourth-order valence-corrected chi connectivity index (χ4v) is 3.46. The first kappa shape index (κ1) is 17.2. The molecule has 0 aromatic carbocycles. The number of piperidine rings is 1. The number of nitrogens with zero attached hydrogens (tertiary/aromatic N) is 1. The van der Waals surface area contributed by atoms with Crippen molar-refractivity contribution in [2.24, 2.45) is 17.8 Å². The van der Waals surface area contributed by atoms with Crippen LogP contribution in [0, 0.1) is 17.8 Å². The molecule has 2 rings (SSSR count). The van der Waals surface area contributed by atoms with Gasteiger partial charge in [-0.3, -0.25) is 14.5 Å². The van der Waals surface area contributed by atoms with Crippen LogP contribution in [0.25, 0.3) is 0 Å². The second-order valence-electron chi connectivity index (χ2n) is 5.37. The van der Waals surface area contributed by atoms with Crippen molar-refractivity contribution in [2.75, 3.05) is 32.8 Å². The van der Waals surface area contributed by atoms with Gasteiger partial charge in [-0.15, -0.1) is 12.4 Å². The second kappa shape index (κ2) is 7.84. The van der Waals surface area contributed by atoms with Crippen molar-refractivity contribution in [1.82, 2.24) is 4.90 Å². The third kappa shape index (κ3) is 3.85. The van der Waals surface area contributed by atoms with Gasteiger partial charge in [0.05, 0.1) is 25.7 Å². The first-order valence-corrected chi connectivity index (χ1v) is 7.20. The standard InChI is InChI=1S/C14H23NO4.ClH/c1-3-18-12(16)9-15-7-10-5-6-11(8-15)13(10)14(17)19-4-2;/h10-11,13H,3-9H2,1-2H3;1H. The third-order valence-electron chi connectivity index (χ3n) is 4.13. The first-order valence-electron chi connectivity index (χ1n) is 7.20. The second-order valence-corrected chi connectivity index (χ2v) is 5.37. The maximum absolute atomic E-state index is 12.0. The Morgan fingerprint density at radius 2 is 1.60 bits per heavy atom. The van der Waals surface area contributed by atoms with E-state index in [1.807, 2.05) is 13.8 Å². The van der Waals surface area contributed by atoms with Crippen LogP contribution in [0.15, 0.2) is 0 Å². The molecule has 0 N–H and O–H groups in total. The summed E-state index contributed by atoms with van der Waals surface area (Å²) >= 11 is 0. The van der Waals surface area contributed by atoms with E-state index in [9.17, 15) is 9.59 Å². The molecule has 1 aliphatic heterocycles. The van der Waals surface area contributed by atoms with E-state index in [0.717, 1.165) is 25.9 Å². The summed E-state index contributed by atoms with van der Waals surface area (Å²) in [6.45, 7) is 6.48. The monoisotopic (exact) mass is 305 g/mol. The topological polar surface area (TPSA) is 55.8 Å². The maximum Gasteiger partial charge on any atom is 0.320 e. The predicted molar refractivity (Wildman–Crippen MR) is 76.7 cm³/mol. The van der Waals surface area contributed by atoms with E-state index >= 15 is 0 Å². The zero-order valence-corrected chi connectivity index (χ0v) is 13.0. The van der Waals surface area contributed by atoms with E-state index in [0.29, 0.717) is 31.6 Å². The minimum atomic E-state index is -0.170. The highest BCUT2D eigenvalue weighted by atomic mass is 35.5. The van der Waals surface area contributed by atoms with Gasteiger partial charge in [0.15, 0.2) is 0 Å². The van der Waals surface area contributed by atoms with Gasteiger partial charge in [0.2, 0.25) is 0 Å². The molecule has 20 heavy (non-hydrogen) atoms. The highest BCUT2D eigenvalue weighted by molar-refractivity contribution is 5.85. The van der Waals surface area contributed by atoms with E-state index in [-0.39, 0.29) is 30.3 Å². The Labute approximate surface area is 126 Å². The van der Waals surface area contributed by atoms with Crippen LogP contribution in [-0.4, -0.2) is 49.7 Å². The lowest BCUT2D eigenvalue weighted by atomic mass is 9.85. The Kier molecular flexibility index (Phi) is 6.76. The Bertz CT molecular complexity index is 336. The lowest BCUT2D eigenvalue weighted by Crippen LogP contribution is -2.47. The number of fused-ring (bicyclic) bond motifs is 2. The zero-order chi connectivity index (χ0) is 13.8. The van der Waals surface area contributed by atoms with Gasteiger partial charge in [0, 0.05) is 13.1 Å². The summed E-state index contributed by atoms with van der Waals surface area (Å²) in [7, 11) is 0. The Hall–Kier alpha value is -0.810. The van der Waals surface area contributed by atoms with Crippen molar-refractivity contribution in [3.8, 4) is 0 Å². The molecule has 116 valence electrons. The predicted octanol–water partition coefficient (Wildman–Crippen LogP) is 1.49. The van der Waals surface area contributed by atoms with Gasteiger partial charge in [-0.1, -0.05) is 0 Å². The van der Waals surface area contributed by atoms with Crippen LogP contribution >= 0.6 is 12.4 Å². The van der Waals surface area contributed by atoms with Crippen molar-refractivity contribution in [3.05, 3.63) is 0 Å². The van der Waals surface area contributed by atoms with Crippen molar-refractivity contribution in [1.29, 1.82) is 0 Å². The van der Waals surface area contributed by atoms with Crippen LogP contribution in [-0.2, 0) is 19.1 Å². The minimum absolute atomic E-state index is 0. The van der Waals surface area contributed by atoms with E-state index < -0.39 is 0 Å². The Morgan fingerprint density at radius 3 is 2.10 bits per heavy atom.